The molecule has 3 aromatic rings. The number of sulfonamides is 1. The van der Waals surface area contributed by atoms with Crippen molar-refractivity contribution in [2.75, 3.05) is 10.8 Å². The lowest BCUT2D eigenvalue weighted by atomic mass is 10.1. The number of amides is 2. The molecule has 0 unspecified atom stereocenters. The van der Waals surface area contributed by atoms with Gasteiger partial charge in [-0.15, -0.1) is 0 Å². The number of benzene rings is 3. The Morgan fingerprint density at radius 3 is 2.10 bits per heavy atom. The van der Waals surface area contributed by atoms with Crippen LogP contribution in [0, 0.1) is 13.8 Å². The van der Waals surface area contributed by atoms with Crippen LogP contribution in [0.2, 0.25) is 5.02 Å². The number of halogens is 1. The molecule has 0 bridgehead atoms. The largest absolute Gasteiger partial charge is 0.352 e. The van der Waals surface area contributed by atoms with E-state index < -0.39 is 28.5 Å². The van der Waals surface area contributed by atoms with Gasteiger partial charge in [-0.05, 0) is 63.4 Å². The summed E-state index contributed by atoms with van der Waals surface area (Å²) >= 11 is 6.46. The van der Waals surface area contributed by atoms with Gasteiger partial charge < -0.3 is 10.2 Å². The van der Waals surface area contributed by atoms with Crippen molar-refractivity contribution < 1.29 is 18.0 Å². The van der Waals surface area contributed by atoms with Gasteiger partial charge in [-0.3, -0.25) is 13.9 Å². The zero-order chi connectivity index (χ0) is 28.9. The first kappa shape index (κ1) is 29.6. The Bertz CT molecular complexity index is 1440. The number of carbonyl (C=O) groups is 2. The molecule has 9 heteroatoms. The van der Waals surface area contributed by atoms with Crippen LogP contribution >= 0.6 is 11.6 Å². The quantitative estimate of drug-likeness (QED) is 0.336. The molecule has 0 heterocycles. The van der Waals surface area contributed by atoms with Crippen LogP contribution < -0.4 is 9.62 Å². The highest BCUT2D eigenvalue weighted by Crippen LogP contribution is 2.31. The molecule has 7 nitrogen and oxygen atoms in total. The van der Waals surface area contributed by atoms with Gasteiger partial charge in [0.1, 0.15) is 12.6 Å². The van der Waals surface area contributed by atoms with Gasteiger partial charge >= 0.3 is 0 Å². The summed E-state index contributed by atoms with van der Waals surface area (Å²) in [5.74, 6) is -0.761. The first-order chi connectivity index (χ1) is 19.1. The molecular weight excluding hydrogens is 546 g/mol. The normalized spacial score (nSPS) is 14.5. The highest BCUT2D eigenvalue weighted by molar-refractivity contribution is 7.92. The van der Waals surface area contributed by atoms with Crippen molar-refractivity contribution in [1.29, 1.82) is 0 Å². The van der Waals surface area contributed by atoms with Gasteiger partial charge in [-0.1, -0.05) is 84.1 Å². The minimum atomic E-state index is -4.16. The second kappa shape index (κ2) is 12.9. The van der Waals surface area contributed by atoms with Gasteiger partial charge in [0, 0.05) is 12.6 Å². The third-order valence-corrected chi connectivity index (χ3v) is 9.44. The first-order valence-corrected chi connectivity index (χ1v) is 15.4. The van der Waals surface area contributed by atoms with Crippen molar-refractivity contribution in [3.05, 3.63) is 94.5 Å². The van der Waals surface area contributed by atoms with E-state index in [1.165, 1.54) is 17.0 Å². The van der Waals surface area contributed by atoms with Crippen LogP contribution in [0.5, 0.6) is 0 Å². The fraction of sp³-hybridized carbons (Fsp3) is 0.355. The number of carbonyl (C=O) groups excluding carboxylic acids is 2. The summed E-state index contributed by atoms with van der Waals surface area (Å²) in [4.78, 5) is 28.8. The Balaban J connectivity index is 1.69. The summed E-state index contributed by atoms with van der Waals surface area (Å²) < 4.78 is 28.8. The van der Waals surface area contributed by atoms with Crippen LogP contribution in [0.15, 0.2) is 77.7 Å². The molecule has 1 N–H and O–H groups in total. The van der Waals surface area contributed by atoms with Crippen LogP contribution in [0.25, 0.3) is 0 Å². The predicted octanol–water partition coefficient (Wildman–Crippen LogP) is 5.63. The predicted molar refractivity (Wildman–Crippen MR) is 159 cm³/mol. The van der Waals surface area contributed by atoms with Gasteiger partial charge in [-0.2, -0.15) is 0 Å². The van der Waals surface area contributed by atoms with E-state index in [2.05, 4.69) is 5.32 Å². The molecule has 1 aliphatic rings. The second-order valence-electron chi connectivity index (χ2n) is 10.4. The van der Waals surface area contributed by atoms with Gasteiger partial charge in [0.25, 0.3) is 10.0 Å². The second-order valence-corrected chi connectivity index (χ2v) is 12.7. The topological polar surface area (TPSA) is 86.8 Å². The van der Waals surface area contributed by atoms with E-state index in [1.807, 2.05) is 38.1 Å². The maximum absolute atomic E-state index is 14.0. The Morgan fingerprint density at radius 1 is 0.925 bits per heavy atom. The van der Waals surface area contributed by atoms with E-state index in [4.69, 9.17) is 11.6 Å². The molecular formula is C31H36ClN3O4S. The Hall–Kier alpha value is -3.36. The van der Waals surface area contributed by atoms with E-state index in [1.54, 1.807) is 43.3 Å². The van der Waals surface area contributed by atoms with Crippen molar-refractivity contribution in [2.45, 2.75) is 70.0 Å². The SMILES string of the molecule is Cc1ccc(CN(C(=O)CN(c2ccccc2Cl)S(=O)(=O)c2ccc(C)cc2)[C@H](C)C(=O)NC2CCCC2)cc1. The Morgan fingerprint density at radius 2 is 1.50 bits per heavy atom. The smallest absolute Gasteiger partial charge is 0.264 e. The van der Waals surface area contributed by atoms with Crippen LogP contribution in [0.3, 0.4) is 0 Å². The third-order valence-electron chi connectivity index (χ3n) is 7.35. The number of nitrogens with zero attached hydrogens (tertiary/aromatic N) is 2. The number of anilines is 1. The maximum Gasteiger partial charge on any atom is 0.264 e. The molecule has 1 fully saturated rings. The highest BCUT2D eigenvalue weighted by Gasteiger charge is 2.34. The van der Waals surface area contributed by atoms with Crippen molar-refractivity contribution in [2.24, 2.45) is 0 Å². The Kier molecular flexibility index (Phi) is 9.53. The van der Waals surface area contributed by atoms with E-state index in [0.29, 0.717) is 0 Å². The number of nitrogens with one attached hydrogen (secondary N) is 1. The summed E-state index contributed by atoms with van der Waals surface area (Å²) in [6, 6.07) is 19.9. The molecule has 1 atom stereocenters. The van der Waals surface area contributed by atoms with Crippen molar-refractivity contribution in [3.63, 3.8) is 0 Å². The van der Waals surface area contributed by atoms with Gasteiger partial charge in [-0.25, -0.2) is 8.42 Å². The van der Waals surface area contributed by atoms with Gasteiger partial charge in [0.15, 0.2) is 0 Å². The highest BCUT2D eigenvalue weighted by atomic mass is 35.5. The summed E-state index contributed by atoms with van der Waals surface area (Å²) in [5, 5.41) is 3.28. The van der Waals surface area contributed by atoms with E-state index in [-0.39, 0.29) is 34.1 Å². The molecule has 0 spiro atoms. The van der Waals surface area contributed by atoms with Crippen molar-refractivity contribution >= 4 is 39.1 Å². The Labute approximate surface area is 242 Å². The van der Waals surface area contributed by atoms with Gasteiger partial charge in [0.2, 0.25) is 11.8 Å². The number of hydrogen-bond acceptors (Lipinski definition) is 4. The number of para-hydroxylation sites is 1. The molecule has 0 aliphatic heterocycles. The lowest BCUT2D eigenvalue weighted by molar-refractivity contribution is -0.139. The standard InChI is InChI=1S/C31H36ClN3O4S/c1-22-12-16-25(17-13-22)20-34(24(3)31(37)33-26-8-4-5-9-26)30(36)21-35(29-11-7-6-10-28(29)32)40(38,39)27-18-14-23(2)15-19-27/h6-7,10-19,24,26H,4-5,8-9,20-21H2,1-3H3,(H,33,37)/t24-/m1/s1. The molecule has 2 amide bonds. The molecule has 0 saturated heterocycles. The average molecular weight is 582 g/mol. The summed E-state index contributed by atoms with van der Waals surface area (Å²) in [6.07, 6.45) is 3.96. The lowest BCUT2D eigenvalue weighted by Gasteiger charge is -2.32. The first-order valence-electron chi connectivity index (χ1n) is 13.6. The fourth-order valence-electron chi connectivity index (χ4n) is 4.87. The molecule has 3 aromatic carbocycles. The summed E-state index contributed by atoms with van der Waals surface area (Å²) in [6.45, 7) is 5.16. The van der Waals surface area contributed by atoms with E-state index >= 15 is 0 Å². The molecule has 1 saturated carbocycles. The van der Waals surface area contributed by atoms with E-state index in [0.717, 1.165) is 46.7 Å². The van der Waals surface area contributed by atoms with Crippen LogP contribution in [-0.4, -0.2) is 43.8 Å². The van der Waals surface area contributed by atoms with Gasteiger partial charge in [0.05, 0.1) is 15.6 Å². The van der Waals surface area contributed by atoms with Crippen molar-refractivity contribution in [3.8, 4) is 0 Å². The fourth-order valence-corrected chi connectivity index (χ4v) is 6.59. The number of rotatable bonds is 10. The molecule has 4 rings (SSSR count). The minimum Gasteiger partial charge on any atom is -0.352 e. The summed E-state index contributed by atoms with van der Waals surface area (Å²) in [5.41, 5.74) is 3.01. The van der Waals surface area contributed by atoms with Crippen molar-refractivity contribution in [1.82, 2.24) is 10.2 Å². The molecule has 0 radical (unpaired) electrons. The van der Waals surface area contributed by atoms with Crippen LogP contribution in [-0.2, 0) is 26.2 Å². The van der Waals surface area contributed by atoms with E-state index in [9.17, 15) is 18.0 Å². The number of aryl methyl sites for hydroxylation is 2. The number of hydrogen-bond donors (Lipinski definition) is 1. The molecule has 212 valence electrons. The van der Waals surface area contributed by atoms with Crippen LogP contribution in [0.1, 0.15) is 49.3 Å². The lowest BCUT2D eigenvalue weighted by Crippen LogP contribution is -2.52. The summed E-state index contributed by atoms with van der Waals surface area (Å²) in [7, 11) is -4.16. The average Bonchev–Trinajstić information content (AvgIpc) is 3.44. The van der Waals surface area contributed by atoms with Crippen LogP contribution in [0.4, 0.5) is 5.69 Å². The molecule has 1 aliphatic carbocycles. The monoisotopic (exact) mass is 581 g/mol. The molecule has 40 heavy (non-hydrogen) atoms. The molecule has 0 aromatic heterocycles. The zero-order valence-corrected chi connectivity index (χ0v) is 24.7. The maximum atomic E-state index is 14.0. The zero-order valence-electron chi connectivity index (χ0n) is 23.1. The third kappa shape index (κ3) is 7.04. The minimum absolute atomic E-state index is 0.0444.